The zero-order valence-electron chi connectivity index (χ0n) is 12.2. The number of hydrogen-bond donors (Lipinski definition) is 1. The van der Waals surface area contributed by atoms with E-state index in [1.54, 1.807) is 42.8 Å². The largest absolute Gasteiger partial charge is 0.496 e. The van der Waals surface area contributed by atoms with Crippen molar-refractivity contribution < 1.29 is 13.2 Å². The van der Waals surface area contributed by atoms with Crippen LogP contribution in [0.4, 0.5) is 0 Å². The molecule has 0 fully saturated rings. The molecule has 5 nitrogen and oxygen atoms in total. The lowest BCUT2D eigenvalue weighted by Gasteiger charge is -2.09. The van der Waals surface area contributed by atoms with E-state index in [0.29, 0.717) is 18.7 Å². The highest BCUT2D eigenvalue weighted by Gasteiger charge is 2.15. The molecule has 2 aromatic rings. The first kappa shape index (κ1) is 15.9. The van der Waals surface area contributed by atoms with Crippen molar-refractivity contribution in [2.24, 2.45) is 0 Å². The summed E-state index contributed by atoms with van der Waals surface area (Å²) < 4.78 is 32.2. The van der Waals surface area contributed by atoms with Gasteiger partial charge in [-0.1, -0.05) is 0 Å². The summed E-state index contributed by atoms with van der Waals surface area (Å²) in [4.78, 5) is 5.47. The number of hydrogen-bond acceptors (Lipinski definition) is 5. The van der Waals surface area contributed by atoms with Crippen LogP contribution in [0.5, 0.6) is 5.75 Å². The summed E-state index contributed by atoms with van der Waals surface area (Å²) in [6.45, 7) is 4.10. The van der Waals surface area contributed by atoms with Gasteiger partial charge in [-0.05, 0) is 44.0 Å². The van der Waals surface area contributed by atoms with Crippen molar-refractivity contribution in [3.8, 4) is 5.75 Å². The summed E-state index contributed by atoms with van der Waals surface area (Å²) >= 11 is 1.58. The summed E-state index contributed by atoms with van der Waals surface area (Å²) in [7, 11) is -1.93. The number of aryl methyl sites for hydroxylation is 2. The van der Waals surface area contributed by atoms with Crippen LogP contribution < -0.4 is 9.46 Å². The number of nitrogens with one attached hydrogen (secondary N) is 1. The molecule has 0 saturated carbocycles. The number of thiazole rings is 1. The average molecular weight is 326 g/mol. The third kappa shape index (κ3) is 4.03. The SMILES string of the molecule is COc1ccc(S(=O)(=O)NCCc2cnc(C)s2)cc1C. The van der Waals surface area contributed by atoms with Crippen LogP contribution in [0.25, 0.3) is 0 Å². The Labute approximate surface area is 129 Å². The second-order valence-corrected chi connectivity index (χ2v) is 7.71. The predicted octanol–water partition coefficient (Wildman–Crippen LogP) is 2.29. The maximum atomic E-state index is 12.2. The summed E-state index contributed by atoms with van der Waals surface area (Å²) in [6, 6.07) is 4.82. The van der Waals surface area contributed by atoms with E-state index < -0.39 is 10.0 Å². The van der Waals surface area contributed by atoms with Crippen LogP contribution >= 0.6 is 11.3 Å². The Bertz CT molecular complexity index is 724. The molecule has 0 amide bonds. The number of aromatic nitrogens is 1. The van der Waals surface area contributed by atoms with Crippen molar-refractivity contribution in [2.75, 3.05) is 13.7 Å². The Kier molecular flexibility index (Phi) is 4.97. The van der Waals surface area contributed by atoms with Crippen LogP contribution in [0.15, 0.2) is 29.3 Å². The Balaban J connectivity index is 2.02. The maximum Gasteiger partial charge on any atom is 0.240 e. The highest BCUT2D eigenvalue weighted by atomic mass is 32.2. The highest BCUT2D eigenvalue weighted by molar-refractivity contribution is 7.89. The summed E-state index contributed by atoms with van der Waals surface area (Å²) in [6.07, 6.45) is 2.42. The minimum absolute atomic E-state index is 0.251. The number of sulfonamides is 1. The molecule has 1 aromatic carbocycles. The minimum atomic E-state index is -3.49. The molecule has 0 radical (unpaired) electrons. The molecular formula is C14H18N2O3S2. The van der Waals surface area contributed by atoms with Gasteiger partial charge in [0.1, 0.15) is 5.75 Å². The quantitative estimate of drug-likeness (QED) is 0.884. The molecule has 0 spiro atoms. The van der Waals surface area contributed by atoms with Crippen molar-refractivity contribution in [2.45, 2.75) is 25.2 Å². The normalized spacial score (nSPS) is 11.6. The lowest BCUT2D eigenvalue weighted by Crippen LogP contribution is -2.25. The van der Waals surface area contributed by atoms with Gasteiger partial charge in [0.15, 0.2) is 0 Å². The van der Waals surface area contributed by atoms with Crippen LogP contribution in [-0.2, 0) is 16.4 Å². The molecular weight excluding hydrogens is 308 g/mol. The summed E-state index contributed by atoms with van der Waals surface area (Å²) in [5.74, 6) is 0.675. The second kappa shape index (κ2) is 6.55. The summed E-state index contributed by atoms with van der Waals surface area (Å²) in [5.41, 5.74) is 0.790. The molecule has 114 valence electrons. The van der Waals surface area contributed by atoms with Crippen molar-refractivity contribution in [3.63, 3.8) is 0 Å². The van der Waals surface area contributed by atoms with Gasteiger partial charge < -0.3 is 4.74 Å². The molecule has 0 bridgehead atoms. The van der Waals surface area contributed by atoms with E-state index >= 15 is 0 Å². The monoisotopic (exact) mass is 326 g/mol. The predicted molar refractivity (Wildman–Crippen MR) is 83.5 cm³/mol. The van der Waals surface area contributed by atoms with Crippen LogP contribution in [-0.4, -0.2) is 27.1 Å². The number of nitrogens with zero attached hydrogens (tertiary/aromatic N) is 1. The fourth-order valence-electron chi connectivity index (χ4n) is 1.93. The van der Waals surface area contributed by atoms with E-state index in [1.165, 1.54) is 0 Å². The molecule has 0 unspecified atom stereocenters. The van der Waals surface area contributed by atoms with E-state index in [2.05, 4.69) is 9.71 Å². The van der Waals surface area contributed by atoms with Gasteiger partial charge >= 0.3 is 0 Å². The van der Waals surface area contributed by atoms with Crippen molar-refractivity contribution in [3.05, 3.63) is 39.8 Å². The van der Waals surface area contributed by atoms with Crippen LogP contribution in [0.2, 0.25) is 0 Å². The fraction of sp³-hybridized carbons (Fsp3) is 0.357. The van der Waals surface area contributed by atoms with E-state index in [4.69, 9.17) is 4.74 Å². The first-order valence-electron chi connectivity index (χ1n) is 6.48. The molecule has 1 heterocycles. The molecule has 0 aliphatic carbocycles. The van der Waals surface area contributed by atoms with Crippen molar-refractivity contribution in [1.82, 2.24) is 9.71 Å². The first-order valence-corrected chi connectivity index (χ1v) is 8.78. The van der Waals surface area contributed by atoms with Gasteiger partial charge in [-0.2, -0.15) is 0 Å². The average Bonchev–Trinajstić information content (AvgIpc) is 2.84. The Morgan fingerprint density at radius 3 is 2.67 bits per heavy atom. The molecule has 2 rings (SSSR count). The first-order chi connectivity index (χ1) is 9.92. The van der Waals surface area contributed by atoms with Gasteiger partial charge in [0, 0.05) is 17.6 Å². The van der Waals surface area contributed by atoms with Gasteiger partial charge in [0.25, 0.3) is 0 Å². The van der Waals surface area contributed by atoms with Crippen LogP contribution in [0.1, 0.15) is 15.4 Å². The Hall–Kier alpha value is -1.44. The maximum absolute atomic E-state index is 12.2. The standard InChI is InChI=1S/C14H18N2O3S2/c1-10-8-13(4-5-14(10)19-3)21(17,18)16-7-6-12-9-15-11(2)20-12/h4-5,8-9,16H,6-7H2,1-3H3. The topological polar surface area (TPSA) is 68.3 Å². The van der Waals surface area contributed by atoms with Gasteiger partial charge in [-0.25, -0.2) is 18.1 Å². The zero-order valence-corrected chi connectivity index (χ0v) is 13.8. The van der Waals surface area contributed by atoms with E-state index in [0.717, 1.165) is 15.4 Å². The van der Waals surface area contributed by atoms with E-state index in [1.807, 2.05) is 13.8 Å². The van der Waals surface area contributed by atoms with Crippen molar-refractivity contribution >= 4 is 21.4 Å². The zero-order chi connectivity index (χ0) is 15.5. The van der Waals surface area contributed by atoms with Crippen molar-refractivity contribution in [1.29, 1.82) is 0 Å². The van der Waals surface area contributed by atoms with Crippen LogP contribution in [0.3, 0.4) is 0 Å². The molecule has 21 heavy (non-hydrogen) atoms. The Morgan fingerprint density at radius 2 is 2.10 bits per heavy atom. The van der Waals surface area contributed by atoms with Gasteiger partial charge in [-0.3, -0.25) is 0 Å². The third-order valence-corrected chi connectivity index (χ3v) is 5.44. The summed E-state index contributed by atoms with van der Waals surface area (Å²) in [5, 5.41) is 0.985. The van der Waals surface area contributed by atoms with Crippen LogP contribution in [0, 0.1) is 13.8 Å². The number of rotatable bonds is 6. The minimum Gasteiger partial charge on any atom is -0.496 e. The molecule has 7 heteroatoms. The Morgan fingerprint density at radius 1 is 1.33 bits per heavy atom. The molecule has 1 N–H and O–H groups in total. The second-order valence-electron chi connectivity index (χ2n) is 4.62. The third-order valence-electron chi connectivity index (χ3n) is 3.01. The molecule has 0 atom stereocenters. The van der Waals surface area contributed by atoms with Gasteiger partial charge in [-0.15, -0.1) is 11.3 Å². The molecule has 1 aromatic heterocycles. The lowest BCUT2D eigenvalue weighted by molar-refractivity contribution is 0.411. The van der Waals surface area contributed by atoms with E-state index in [9.17, 15) is 8.42 Å². The number of methoxy groups -OCH3 is 1. The van der Waals surface area contributed by atoms with Gasteiger partial charge in [0.05, 0.1) is 17.0 Å². The molecule has 0 aliphatic heterocycles. The highest BCUT2D eigenvalue weighted by Crippen LogP contribution is 2.21. The number of ether oxygens (including phenoxy) is 1. The lowest BCUT2D eigenvalue weighted by atomic mass is 10.2. The molecule has 0 saturated heterocycles. The number of benzene rings is 1. The fourth-order valence-corrected chi connectivity index (χ4v) is 3.84. The smallest absolute Gasteiger partial charge is 0.240 e. The van der Waals surface area contributed by atoms with Gasteiger partial charge in [0.2, 0.25) is 10.0 Å². The van der Waals surface area contributed by atoms with E-state index in [-0.39, 0.29) is 4.90 Å². The molecule has 0 aliphatic rings.